The van der Waals surface area contributed by atoms with Gasteiger partial charge in [0.1, 0.15) is 22.7 Å². The summed E-state index contributed by atoms with van der Waals surface area (Å²) >= 11 is 0. The van der Waals surface area contributed by atoms with Gasteiger partial charge in [0.2, 0.25) is 11.3 Å². The van der Waals surface area contributed by atoms with Crippen LogP contribution in [0.4, 0.5) is 15.8 Å². The Balaban J connectivity index is 0.892. The second-order valence-electron chi connectivity index (χ2n) is 13.4. The van der Waals surface area contributed by atoms with E-state index in [1.54, 1.807) is 23.0 Å². The van der Waals surface area contributed by atoms with E-state index in [1.165, 1.54) is 18.3 Å². The number of hydrogen-bond acceptors (Lipinski definition) is 10. The first kappa shape index (κ1) is 33.9. The van der Waals surface area contributed by atoms with E-state index < -0.39 is 22.8 Å². The van der Waals surface area contributed by atoms with Crippen LogP contribution in [0.1, 0.15) is 46.9 Å². The number of carbonyl (C=O) groups excluding carboxylic acids is 1. The van der Waals surface area contributed by atoms with Gasteiger partial charge in [-0.25, -0.2) is 14.0 Å². The van der Waals surface area contributed by atoms with Crippen molar-refractivity contribution in [2.45, 2.75) is 44.8 Å². The van der Waals surface area contributed by atoms with Gasteiger partial charge < -0.3 is 29.2 Å². The molecule has 5 aromatic rings. The molecule has 15 heteroatoms. The molecule has 1 saturated carbocycles. The number of carbonyl (C=O) groups is 2. The number of anilines is 2. The van der Waals surface area contributed by atoms with Crippen LogP contribution < -0.4 is 26.2 Å². The average molecular weight is 699 g/mol. The predicted octanol–water partition coefficient (Wildman–Crippen LogP) is 3.01. The molecule has 0 bridgehead atoms. The molecule has 0 radical (unpaired) electrons. The third-order valence-electron chi connectivity index (χ3n) is 9.58. The van der Waals surface area contributed by atoms with Gasteiger partial charge in [0.15, 0.2) is 0 Å². The maximum absolute atomic E-state index is 15.4. The van der Waals surface area contributed by atoms with Crippen molar-refractivity contribution < 1.29 is 23.5 Å². The molecule has 2 fully saturated rings. The standard InChI is InChI=1S/C36H39FN8O6/c1-41(2)25-6-7-26-22(15-34(47)51-32(26)16-25)14-33(46)38-19-23-20-44(40-39-23)9-3-8-42-10-12-43(13-11-42)31-18-30-27(17-29(31)37)35(48)28(36(49)50)21-45(30)24-4-5-24/h6-7,15-18,20-21,24H,3-5,8-14,19H2,1-2H3,(H,38,46)(H,49,50). The third-order valence-corrected chi connectivity index (χ3v) is 9.58. The zero-order valence-corrected chi connectivity index (χ0v) is 28.5. The van der Waals surface area contributed by atoms with Crippen LogP contribution in [0.3, 0.4) is 0 Å². The summed E-state index contributed by atoms with van der Waals surface area (Å²) in [5, 5.41) is 21.6. The van der Waals surface area contributed by atoms with E-state index in [-0.39, 0.29) is 35.9 Å². The van der Waals surface area contributed by atoms with Gasteiger partial charge in [0.25, 0.3) is 0 Å². The smallest absolute Gasteiger partial charge is 0.341 e. The summed E-state index contributed by atoms with van der Waals surface area (Å²) in [4.78, 5) is 55.6. The molecular weight excluding hydrogens is 659 g/mol. The van der Waals surface area contributed by atoms with Crippen LogP contribution >= 0.6 is 0 Å². The molecule has 1 aliphatic carbocycles. The molecular formula is C36H39FN8O6. The zero-order chi connectivity index (χ0) is 35.8. The second-order valence-corrected chi connectivity index (χ2v) is 13.4. The molecule has 1 aliphatic heterocycles. The summed E-state index contributed by atoms with van der Waals surface area (Å²) in [6.07, 6.45) is 5.82. The molecule has 0 atom stereocenters. The van der Waals surface area contributed by atoms with E-state index >= 15 is 4.39 Å². The highest BCUT2D eigenvalue weighted by Gasteiger charge is 2.28. The number of benzene rings is 2. The number of carboxylic acids is 1. The minimum Gasteiger partial charge on any atom is -0.477 e. The zero-order valence-electron chi connectivity index (χ0n) is 28.5. The number of aryl methyl sites for hydroxylation is 1. The van der Waals surface area contributed by atoms with E-state index in [0.29, 0.717) is 53.1 Å². The maximum Gasteiger partial charge on any atom is 0.341 e. The Morgan fingerprint density at radius 3 is 2.53 bits per heavy atom. The Kier molecular flexibility index (Phi) is 9.29. The molecule has 2 aliphatic rings. The molecule has 4 heterocycles. The van der Waals surface area contributed by atoms with Crippen LogP contribution in [-0.4, -0.2) is 88.3 Å². The molecule has 1 amide bonds. The number of aromatic carboxylic acids is 1. The fourth-order valence-electron chi connectivity index (χ4n) is 6.67. The lowest BCUT2D eigenvalue weighted by Crippen LogP contribution is -2.47. The fourth-order valence-corrected chi connectivity index (χ4v) is 6.67. The van der Waals surface area contributed by atoms with Gasteiger partial charge in [-0.05, 0) is 49.1 Å². The van der Waals surface area contributed by atoms with Crippen LogP contribution in [0.25, 0.3) is 21.9 Å². The lowest BCUT2D eigenvalue weighted by atomic mass is 10.1. The third kappa shape index (κ3) is 7.33. The molecule has 0 spiro atoms. The Morgan fingerprint density at radius 1 is 1.02 bits per heavy atom. The van der Waals surface area contributed by atoms with Crippen molar-refractivity contribution in [1.29, 1.82) is 0 Å². The average Bonchev–Trinajstić information content (AvgIpc) is 3.85. The van der Waals surface area contributed by atoms with Crippen molar-refractivity contribution in [2.24, 2.45) is 0 Å². The van der Waals surface area contributed by atoms with Gasteiger partial charge >= 0.3 is 11.6 Å². The van der Waals surface area contributed by atoms with Crippen molar-refractivity contribution in [2.75, 3.05) is 56.6 Å². The molecule has 1 saturated heterocycles. The highest BCUT2D eigenvalue weighted by atomic mass is 19.1. The molecule has 266 valence electrons. The van der Waals surface area contributed by atoms with Crippen LogP contribution in [0.5, 0.6) is 0 Å². The van der Waals surface area contributed by atoms with E-state index in [4.69, 9.17) is 4.42 Å². The summed E-state index contributed by atoms with van der Waals surface area (Å²) in [5.41, 5.74) is 2.00. The summed E-state index contributed by atoms with van der Waals surface area (Å²) in [7, 11) is 3.79. The van der Waals surface area contributed by atoms with Crippen molar-refractivity contribution in [3.8, 4) is 0 Å². The van der Waals surface area contributed by atoms with Gasteiger partial charge in [-0.2, -0.15) is 0 Å². The molecule has 2 aromatic carbocycles. The van der Waals surface area contributed by atoms with Crippen molar-refractivity contribution in [3.63, 3.8) is 0 Å². The van der Waals surface area contributed by atoms with E-state index in [0.717, 1.165) is 44.6 Å². The number of aromatic nitrogens is 4. The quantitative estimate of drug-likeness (QED) is 0.185. The number of pyridine rings is 1. The monoisotopic (exact) mass is 698 g/mol. The van der Waals surface area contributed by atoms with Gasteiger partial charge in [0.05, 0.1) is 30.4 Å². The summed E-state index contributed by atoms with van der Waals surface area (Å²) in [6, 6.07) is 9.88. The van der Waals surface area contributed by atoms with Crippen LogP contribution in [0, 0.1) is 5.82 Å². The normalized spacial score (nSPS) is 15.1. The van der Waals surface area contributed by atoms with Gasteiger partial charge in [0, 0.05) is 94.2 Å². The summed E-state index contributed by atoms with van der Waals surface area (Å²) < 4.78 is 24.3. The number of hydrogen-bond donors (Lipinski definition) is 2. The Bertz CT molecular complexity index is 2250. The van der Waals surface area contributed by atoms with Crippen LogP contribution in [0.15, 0.2) is 62.8 Å². The largest absolute Gasteiger partial charge is 0.477 e. The van der Waals surface area contributed by atoms with Crippen LogP contribution in [-0.2, 0) is 24.3 Å². The molecule has 3 aromatic heterocycles. The summed E-state index contributed by atoms with van der Waals surface area (Å²) in [5.74, 6) is -2.09. The minimum absolute atomic E-state index is 0.0213. The Labute approximate surface area is 291 Å². The Morgan fingerprint density at radius 2 is 1.80 bits per heavy atom. The number of nitrogens with one attached hydrogen (secondary N) is 1. The van der Waals surface area contributed by atoms with E-state index in [9.17, 15) is 24.3 Å². The van der Waals surface area contributed by atoms with Crippen molar-refractivity contribution >= 4 is 45.1 Å². The van der Waals surface area contributed by atoms with E-state index in [2.05, 4.69) is 20.5 Å². The molecule has 51 heavy (non-hydrogen) atoms. The van der Waals surface area contributed by atoms with Gasteiger partial charge in [-0.3, -0.25) is 19.2 Å². The lowest BCUT2D eigenvalue weighted by Gasteiger charge is -2.36. The minimum atomic E-state index is -1.31. The highest BCUT2D eigenvalue weighted by Crippen LogP contribution is 2.38. The Hall–Kier alpha value is -5.57. The molecule has 14 nitrogen and oxygen atoms in total. The molecule has 2 N–H and O–H groups in total. The van der Waals surface area contributed by atoms with Gasteiger partial charge in [-0.1, -0.05) is 5.21 Å². The number of piperazine rings is 1. The number of halogens is 1. The summed E-state index contributed by atoms with van der Waals surface area (Å²) in [6.45, 7) is 4.33. The first-order valence-electron chi connectivity index (χ1n) is 17.0. The molecule has 0 unspecified atom stereocenters. The highest BCUT2D eigenvalue weighted by molar-refractivity contribution is 5.94. The number of rotatable bonds is 12. The molecule has 7 rings (SSSR count). The first-order chi connectivity index (χ1) is 24.5. The van der Waals surface area contributed by atoms with Gasteiger partial charge in [-0.15, -0.1) is 5.10 Å². The number of amides is 1. The topological polar surface area (TPSA) is 159 Å². The first-order valence-corrected chi connectivity index (χ1v) is 17.0. The number of fused-ring (bicyclic) bond motifs is 2. The number of carboxylic acid groups (broad SMARTS) is 1. The predicted molar refractivity (Wildman–Crippen MR) is 189 cm³/mol. The lowest BCUT2D eigenvalue weighted by molar-refractivity contribution is -0.120. The number of nitrogens with zero attached hydrogens (tertiary/aromatic N) is 7. The maximum atomic E-state index is 15.4. The van der Waals surface area contributed by atoms with Crippen molar-refractivity contribution in [3.05, 3.63) is 92.1 Å². The van der Waals surface area contributed by atoms with E-state index in [1.807, 2.05) is 40.6 Å². The second kappa shape index (κ2) is 14.0. The van der Waals surface area contributed by atoms with Crippen LogP contribution in [0.2, 0.25) is 0 Å². The SMILES string of the molecule is CN(C)c1ccc2c(CC(=O)NCc3cn(CCCN4CCN(c5cc6c(cc5F)c(=O)c(C(=O)O)cn6C5CC5)CC4)nn3)cc(=O)oc2c1. The van der Waals surface area contributed by atoms with Crippen molar-refractivity contribution in [1.82, 2.24) is 29.8 Å². The fraction of sp³-hybridized carbons (Fsp3) is 0.389.